The summed E-state index contributed by atoms with van der Waals surface area (Å²) in [4.78, 5) is 14.9. The van der Waals surface area contributed by atoms with Gasteiger partial charge in [-0.05, 0) is 56.1 Å². The van der Waals surface area contributed by atoms with Crippen molar-refractivity contribution >= 4 is 34.8 Å². The SMILES string of the molecule is Cc1cccc(NC(=O)[C@H]2CCCN(Cc3c(Cl)cccc3Cl)C2)c1. The van der Waals surface area contributed by atoms with Crippen LogP contribution >= 0.6 is 23.2 Å². The Bertz CT molecular complexity index is 743. The van der Waals surface area contributed by atoms with Crippen molar-refractivity contribution in [1.29, 1.82) is 0 Å². The van der Waals surface area contributed by atoms with E-state index < -0.39 is 0 Å². The summed E-state index contributed by atoms with van der Waals surface area (Å²) in [5.41, 5.74) is 2.93. The van der Waals surface area contributed by atoms with Crippen LogP contribution in [0.3, 0.4) is 0 Å². The predicted molar refractivity (Wildman–Crippen MR) is 104 cm³/mol. The van der Waals surface area contributed by atoms with Gasteiger partial charge in [0.05, 0.1) is 5.92 Å². The number of piperidine rings is 1. The number of amides is 1. The Morgan fingerprint density at radius 1 is 1.20 bits per heavy atom. The average molecular weight is 377 g/mol. The highest BCUT2D eigenvalue weighted by Crippen LogP contribution is 2.28. The molecule has 3 rings (SSSR count). The van der Waals surface area contributed by atoms with Gasteiger partial charge >= 0.3 is 0 Å². The second-order valence-corrected chi connectivity index (χ2v) is 7.45. The first-order valence-corrected chi connectivity index (χ1v) is 9.31. The van der Waals surface area contributed by atoms with Gasteiger partial charge in [0.2, 0.25) is 5.91 Å². The summed E-state index contributed by atoms with van der Waals surface area (Å²) in [7, 11) is 0. The van der Waals surface area contributed by atoms with Crippen LogP contribution < -0.4 is 5.32 Å². The maximum Gasteiger partial charge on any atom is 0.228 e. The minimum absolute atomic E-state index is 0.0180. The van der Waals surface area contributed by atoms with Gasteiger partial charge in [-0.2, -0.15) is 0 Å². The van der Waals surface area contributed by atoms with Crippen LogP contribution in [0.1, 0.15) is 24.0 Å². The molecule has 0 bridgehead atoms. The molecule has 0 radical (unpaired) electrons. The molecule has 1 N–H and O–H groups in total. The van der Waals surface area contributed by atoms with Crippen LogP contribution in [0.15, 0.2) is 42.5 Å². The molecule has 25 heavy (non-hydrogen) atoms. The minimum atomic E-state index is -0.0180. The Morgan fingerprint density at radius 3 is 2.64 bits per heavy atom. The number of rotatable bonds is 4. The third-order valence-electron chi connectivity index (χ3n) is 4.61. The minimum Gasteiger partial charge on any atom is -0.326 e. The number of aryl methyl sites for hydroxylation is 1. The number of halogens is 2. The summed E-state index contributed by atoms with van der Waals surface area (Å²) in [5.74, 6) is 0.0658. The van der Waals surface area contributed by atoms with E-state index in [0.717, 1.165) is 42.7 Å². The van der Waals surface area contributed by atoms with E-state index in [2.05, 4.69) is 10.2 Å². The second kappa shape index (κ2) is 8.22. The van der Waals surface area contributed by atoms with Crippen molar-refractivity contribution in [1.82, 2.24) is 4.90 Å². The number of benzene rings is 2. The standard InChI is InChI=1S/C20H22Cl2N2O/c1-14-5-2-7-16(11-14)23-20(25)15-6-4-10-24(12-15)13-17-18(21)8-3-9-19(17)22/h2-3,5,7-9,11,15H,4,6,10,12-13H2,1H3,(H,23,25)/t15-/m0/s1. The molecule has 2 aromatic carbocycles. The largest absolute Gasteiger partial charge is 0.326 e. The normalized spacial score (nSPS) is 18.1. The van der Waals surface area contributed by atoms with E-state index in [1.165, 1.54) is 0 Å². The number of nitrogens with one attached hydrogen (secondary N) is 1. The van der Waals surface area contributed by atoms with Crippen LogP contribution in [0.2, 0.25) is 10.0 Å². The van der Waals surface area contributed by atoms with E-state index in [-0.39, 0.29) is 11.8 Å². The molecule has 3 nitrogen and oxygen atoms in total. The summed E-state index contributed by atoms with van der Waals surface area (Å²) in [5, 5.41) is 4.40. The lowest BCUT2D eigenvalue weighted by Gasteiger charge is -2.32. The van der Waals surface area contributed by atoms with E-state index in [4.69, 9.17) is 23.2 Å². The average Bonchev–Trinajstić information content (AvgIpc) is 2.58. The molecule has 1 atom stereocenters. The molecule has 1 aliphatic rings. The summed E-state index contributed by atoms with van der Waals surface area (Å²) < 4.78 is 0. The highest BCUT2D eigenvalue weighted by molar-refractivity contribution is 6.35. The molecule has 0 spiro atoms. The molecule has 0 aliphatic carbocycles. The topological polar surface area (TPSA) is 32.3 Å². The first kappa shape index (κ1) is 18.2. The van der Waals surface area contributed by atoms with Crippen LogP contribution in [-0.2, 0) is 11.3 Å². The molecule has 1 aliphatic heterocycles. The third kappa shape index (κ3) is 4.75. The van der Waals surface area contributed by atoms with Crippen molar-refractivity contribution in [2.24, 2.45) is 5.92 Å². The number of carbonyl (C=O) groups is 1. The van der Waals surface area contributed by atoms with Gasteiger partial charge in [0.25, 0.3) is 0 Å². The second-order valence-electron chi connectivity index (χ2n) is 6.63. The van der Waals surface area contributed by atoms with E-state index in [9.17, 15) is 4.79 Å². The fourth-order valence-electron chi connectivity index (χ4n) is 3.29. The van der Waals surface area contributed by atoms with Crippen LogP contribution in [0.25, 0.3) is 0 Å². The number of carbonyl (C=O) groups excluding carboxylic acids is 1. The fourth-order valence-corrected chi connectivity index (χ4v) is 3.80. The van der Waals surface area contributed by atoms with Gasteiger partial charge in [-0.1, -0.05) is 41.4 Å². The molecule has 1 saturated heterocycles. The monoisotopic (exact) mass is 376 g/mol. The van der Waals surface area contributed by atoms with Crippen LogP contribution in [0, 0.1) is 12.8 Å². The quantitative estimate of drug-likeness (QED) is 0.799. The third-order valence-corrected chi connectivity index (χ3v) is 5.31. The summed E-state index contributed by atoms with van der Waals surface area (Å²) in [6.45, 7) is 4.37. The van der Waals surface area contributed by atoms with Crippen molar-refractivity contribution in [2.45, 2.75) is 26.3 Å². The highest BCUT2D eigenvalue weighted by Gasteiger charge is 2.26. The molecular formula is C20H22Cl2N2O. The Kier molecular flexibility index (Phi) is 6.00. The van der Waals surface area contributed by atoms with Gasteiger partial charge in [-0.25, -0.2) is 0 Å². The predicted octanol–water partition coefficient (Wildman–Crippen LogP) is 5.15. The highest BCUT2D eigenvalue weighted by atomic mass is 35.5. The van der Waals surface area contributed by atoms with Crippen LogP contribution in [0.5, 0.6) is 0 Å². The zero-order valence-electron chi connectivity index (χ0n) is 14.3. The lowest BCUT2D eigenvalue weighted by Crippen LogP contribution is -2.40. The molecule has 132 valence electrons. The molecule has 1 amide bonds. The number of nitrogens with zero attached hydrogens (tertiary/aromatic N) is 1. The Balaban J connectivity index is 1.63. The maximum atomic E-state index is 12.6. The maximum absolute atomic E-state index is 12.6. The zero-order valence-corrected chi connectivity index (χ0v) is 15.8. The lowest BCUT2D eigenvalue weighted by atomic mass is 9.96. The molecular weight excluding hydrogens is 355 g/mol. The van der Waals surface area contributed by atoms with Crippen LogP contribution in [-0.4, -0.2) is 23.9 Å². The van der Waals surface area contributed by atoms with E-state index in [1.54, 1.807) is 0 Å². The smallest absolute Gasteiger partial charge is 0.228 e. The molecule has 5 heteroatoms. The van der Waals surface area contributed by atoms with E-state index in [0.29, 0.717) is 16.6 Å². The Hall–Kier alpha value is -1.55. The van der Waals surface area contributed by atoms with Crippen molar-refractivity contribution in [3.05, 3.63) is 63.6 Å². The molecule has 2 aromatic rings. The van der Waals surface area contributed by atoms with Gasteiger partial charge in [0, 0.05) is 34.4 Å². The number of hydrogen-bond acceptors (Lipinski definition) is 2. The van der Waals surface area contributed by atoms with Crippen molar-refractivity contribution < 1.29 is 4.79 Å². The Morgan fingerprint density at radius 2 is 1.92 bits per heavy atom. The number of anilines is 1. The molecule has 1 fully saturated rings. The van der Waals surface area contributed by atoms with Crippen LogP contribution in [0.4, 0.5) is 5.69 Å². The first-order valence-electron chi connectivity index (χ1n) is 8.55. The first-order chi connectivity index (χ1) is 12.0. The van der Waals surface area contributed by atoms with E-state index >= 15 is 0 Å². The van der Waals surface area contributed by atoms with Gasteiger partial charge in [-0.15, -0.1) is 0 Å². The van der Waals surface area contributed by atoms with Crippen molar-refractivity contribution in [3.8, 4) is 0 Å². The number of likely N-dealkylation sites (tertiary alicyclic amines) is 1. The Labute approximate surface area is 158 Å². The van der Waals surface area contributed by atoms with E-state index in [1.807, 2.05) is 49.4 Å². The van der Waals surface area contributed by atoms with Gasteiger partial charge in [0.1, 0.15) is 0 Å². The van der Waals surface area contributed by atoms with Gasteiger partial charge in [-0.3, -0.25) is 9.69 Å². The lowest BCUT2D eigenvalue weighted by molar-refractivity contribution is -0.121. The molecule has 0 saturated carbocycles. The summed E-state index contributed by atoms with van der Waals surface area (Å²) >= 11 is 12.6. The summed E-state index contributed by atoms with van der Waals surface area (Å²) in [6, 6.07) is 13.5. The number of hydrogen-bond donors (Lipinski definition) is 1. The van der Waals surface area contributed by atoms with Crippen molar-refractivity contribution in [2.75, 3.05) is 18.4 Å². The van der Waals surface area contributed by atoms with Crippen molar-refractivity contribution in [3.63, 3.8) is 0 Å². The van der Waals surface area contributed by atoms with Gasteiger partial charge in [0.15, 0.2) is 0 Å². The zero-order chi connectivity index (χ0) is 17.8. The molecule has 1 heterocycles. The molecule has 0 aromatic heterocycles. The summed E-state index contributed by atoms with van der Waals surface area (Å²) in [6.07, 6.45) is 1.90. The fraction of sp³-hybridized carbons (Fsp3) is 0.350. The van der Waals surface area contributed by atoms with Gasteiger partial charge < -0.3 is 5.32 Å². The molecule has 0 unspecified atom stereocenters.